The molecule has 88 valence electrons. The molecule has 0 bridgehead atoms. The van der Waals surface area contributed by atoms with Crippen molar-refractivity contribution in [2.75, 3.05) is 0 Å². The number of rotatable bonds is 1. The van der Waals surface area contributed by atoms with E-state index in [-0.39, 0.29) is 28.4 Å². The van der Waals surface area contributed by atoms with E-state index in [1.54, 1.807) is 18.2 Å². The molecule has 0 atom stereocenters. The molecule has 0 fully saturated rings. The lowest BCUT2D eigenvalue weighted by Crippen LogP contribution is -2.16. The van der Waals surface area contributed by atoms with Gasteiger partial charge in [0.2, 0.25) is 0 Å². The van der Waals surface area contributed by atoms with Crippen molar-refractivity contribution in [1.29, 1.82) is 0 Å². The molecule has 1 N–H and O–H groups in total. The van der Waals surface area contributed by atoms with Gasteiger partial charge in [-0.3, -0.25) is 9.59 Å². The van der Waals surface area contributed by atoms with Gasteiger partial charge in [-0.05, 0) is 34.5 Å². The van der Waals surface area contributed by atoms with Gasteiger partial charge in [0.25, 0.3) is 0 Å². The predicted molar refractivity (Wildman–Crippen MR) is 69.1 cm³/mol. The fraction of sp³-hybridized carbons (Fsp3) is 0. The molecule has 0 amide bonds. The molecule has 1 aromatic carbocycles. The van der Waals surface area contributed by atoms with Crippen molar-refractivity contribution in [3.63, 3.8) is 0 Å². The van der Waals surface area contributed by atoms with E-state index in [2.05, 4.69) is 0 Å². The number of ketones is 2. The predicted octanol–water partition coefficient (Wildman–Crippen LogP) is 2.92. The van der Waals surface area contributed by atoms with Gasteiger partial charge in [0.1, 0.15) is 5.75 Å². The van der Waals surface area contributed by atoms with Crippen molar-refractivity contribution in [3.05, 3.63) is 57.8 Å². The molecule has 2 aromatic rings. The number of allylic oxidation sites excluding steroid dienone is 2. The number of carbonyl (C=O) groups is 2. The molecule has 1 heterocycles. The first kappa shape index (κ1) is 10.9. The first-order valence-electron chi connectivity index (χ1n) is 5.34. The normalized spacial score (nSPS) is 14.3. The fourth-order valence-electron chi connectivity index (χ4n) is 2.03. The Kier molecular flexibility index (Phi) is 2.38. The van der Waals surface area contributed by atoms with Crippen LogP contribution in [-0.2, 0) is 0 Å². The summed E-state index contributed by atoms with van der Waals surface area (Å²) >= 11 is 1.47. The van der Waals surface area contributed by atoms with Crippen LogP contribution in [0.1, 0.15) is 26.3 Å². The maximum atomic E-state index is 12.3. The second-order valence-corrected chi connectivity index (χ2v) is 4.74. The molecule has 0 radical (unpaired) electrons. The Morgan fingerprint density at radius 2 is 1.94 bits per heavy atom. The zero-order valence-electron chi connectivity index (χ0n) is 9.21. The Balaban J connectivity index is 2.21. The van der Waals surface area contributed by atoms with Gasteiger partial charge >= 0.3 is 0 Å². The first-order chi connectivity index (χ1) is 8.68. The lowest BCUT2D eigenvalue weighted by molar-refractivity contribution is 0.0999. The quantitative estimate of drug-likeness (QED) is 0.853. The smallest absolute Gasteiger partial charge is 0.194 e. The molecule has 0 saturated heterocycles. The molecule has 1 aliphatic rings. The van der Waals surface area contributed by atoms with Crippen molar-refractivity contribution < 1.29 is 14.7 Å². The molecule has 1 aliphatic carbocycles. The maximum absolute atomic E-state index is 12.3. The van der Waals surface area contributed by atoms with Gasteiger partial charge in [0.15, 0.2) is 11.6 Å². The summed E-state index contributed by atoms with van der Waals surface area (Å²) in [6.45, 7) is 0. The van der Waals surface area contributed by atoms with Gasteiger partial charge in [-0.15, -0.1) is 0 Å². The minimum absolute atomic E-state index is 0.0986. The van der Waals surface area contributed by atoms with Crippen molar-refractivity contribution in [2.45, 2.75) is 0 Å². The monoisotopic (exact) mass is 256 g/mol. The van der Waals surface area contributed by atoms with E-state index in [1.807, 2.05) is 10.8 Å². The van der Waals surface area contributed by atoms with Crippen molar-refractivity contribution >= 4 is 28.5 Å². The third kappa shape index (κ3) is 1.50. The van der Waals surface area contributed by atoms with Gasteiger partial charge < -0.3 is 5.11 Å². The van der Waals surface area contributed by atoms with Crippen LogP contribution < -0.4 is 0 Å². The molecule has 0 spiro atoms. The van der Waals surface area contributed by atoms with Crippen molar-refractivity contribution in [3.8, 4) is 5.75 Å². The second-order valence-electron chi connectivity index (χ2n) is 3.96. The summed E-state index contributed by atoms with van der Waals surface area (Å²) in [5, 5.41) is 13.3. The maximum Gasteiger partial charge on any atom is 0.194 e. The summed E-state index contributed by atoms with van der Waals surface area (Å²) in [6, 6.07) is 6.34. The van der Waals surface area contributed by atoms with Crippen LogP contribution in [0, 0.1) is 0 Å². The van der Waals surface area contributed by atoms with Gasteiger partial charge in [-0.25, -0.2) is 0 Å². The van der Waals surface area contributed by atoms with Crippen LogP contribution in [0.15, 0.2) is 41.1 Å². The van der Waals surface area contributed by atoms with Crippen LogP contribution in [0.4, 0.5) is 0 Å². The number of carbonyl (C=O) groups excluding carboxylic acids is 2. The molecular formula is C14H8O3S. The number of benzene rings is 1. The first-order valence-corrected chi connectivity index (χ1v) is 6.28. The summed E-state index contributed by atoms with van der Waals surface area (Å²) in [5.41, 5.74) is 1.50. The standard InChI is InChI=1S/C14H8O3S/c15-11-3-1-2-9-13(11)12(16)6-10(14(9)17)8-4-5-18-7-8/h1-7,15H. The molecule has 4 heteroatoms. The van der Waals surface area contributed by atoms with E-state index in [0.717, 1.165) is 5.56 Å². The largest absolute Gasteiger partial charge is 0.507 e. The third-order valence-electron chi connectivity index (χ3n) is 2.89. The van der Waals surface area contributed by atoms with Crippen LogP contribution in [0.3, 0.4) is 0 Å². The van der Waals surface area contributed by atoms with E-state index in [9.17, 15) is 14.7 Å². The topological polar surface area (TPSA) is 54.4 Å². The van der Waals surface area contributed by atoms with Gasteiger partial charge in [0.05, 0.1) is 5.56 Å². The summed E-state index contributed by atoms with van der Waals surface area (Å²) in [7, 11) is 0. The lowest BCUT2D eigenvalue weighted by Gasteiger charge is -2.15. The Bertz CT molecular complexity index is 681. The average Bonchev–Trinajstić information content (AvgIpc) is 2.87. The highest BCUT2D eigenvalue weighted by molar-refractivity contribution is 7.08. The summed E-state index contributed by atoms with van der Waals surface area (Å²) < 4.78 is 0. The average molecular weight is 256 g/mol. The van der Waals surface area contributed by atoms with E-state index in [0.29, 0.717) is 5.57 Å². The van der Waals surface area contributed by atoms with Crippen molar-refractivity contribution in [2.24, 2.45) is 0 Å². The highest BCUT2D eigenvalue weighted by Crippen LogP contribution is 2.32. The van der Waals surface area contributed by atoms with Crippen LogP contribution >= 0.6 is 11.3 Å². The Labute approximate surface area is 107 Å². The summed E-state index contributed by atoms with van der Waals surface area (Å²) in [4.78, 5) is 24.3. The number of phenolic OH excluding ortho intramolecular Hbond substituents is 1. The van der Waals surface area contributed by atoms with E-state index in [4.69, 9.17) is 0 Å². The number of aromatic hydroxyl groups is 1. The minimum Gasteiger partial charge on any atom is -0.507 e. The molecule has 1 aromatic heterocycles. The number of Topliss-reactive ketones (excluding diaryl/α,β-unsaturated/α-hetero) is 1. The van der Waals surface area contributed by atoms with Gasteiger partial charge in [-0.2, -0.15) is 11.3 Å². The van der Waals surface area contributed by atoms with E-state index < -0.39 is 0 Å². The number of hydrogen-bond donors (Lipinski definition) is 1. The molecular weight excluding hydrogens is 248 g/mol. The van der Waals surface area contributed by atoms with Gasteiger partial charge in [-0.1, -0.05) is 12.1 Å². The van der Waals surface area contributed by atoms with Crippen LogP contribution in [0.2, 0.25) is 0 Å². The zero-order valence-corrected chi connectivity index (χ0v) is 10.0. The SMILES string of the molecule is O=C1C(c2ccsc2)=CC(=O)c2c(O)cccc21. The highest BCUT2D eigenvalue weighted by atomic mass is 32.1. The lowest BCUT2D eigenvalue weighted by atomic mass is 9.87. The second kappa shape index (κ2) is 3.92. The molecule has 0 unspecified atom stereocenters. The van der Waals surface area contributed by atoms with Crippen LogP contribution in [0.5, 0.6) is 5.75 Å². The highest BCUT2D eigenvalue weighted by Gasteiger charge is 2.28. The Morgan fingerprint density at radius 1 is 1.11 bits per heavy atom. The van der Waals surface area contributed by atoms with Crippen LogP contribution in [-0.4, -0.2) is 16.7 Å². The van der Waals surface area contributed by atoms with Crippen LogP contribution in [0.25, 0.3) is 5.57 Å². The number of thiophene rings is 1. The fourth-order valence-corrected chi connectivity index (χ4v) is 2.69. The Morgan fingerprint density at radius 3 is 2.67 bits per heavy atom. The molecule has 3 rings (SSSR count). The summed E-state index contributed by atoms with van der Waals surface area (Å²) in [5.74, 6) is -0.700. The molecule has 0 aliphatic heterocycles. The molecule has 3 nitrogen and oxygen atoms in total. The van der Waals surface area contributed by atoms with E-state index >= 15 is 0 Å². The van der Waals surface area contributed by atoms with Gasteiger partial charge in [0, 0.05) is 11.1 Å². The minimum atomic E-state index is -0.330. The van der Waals surface area contributed by atoms with E-state index in [1.165, 1.54) is 23.5 Å². The molecule has 18 heavy (non-hydrogen) atoms. The molecule has 0 saturated carbocycles. The number of hydrogen-bond acceptors (Lipinski definition) is 4. The summed E-state index contributed by atoms with van der Waals surface area (Å²) in [6.07, 6.45) is 1.30. The number of phenols is 1. The Hall–Kier alpha value is -2.20. The zero-order chi connectivity index (χ0) is 12.7. The number of fused-ring (bicyclic) bond motifs is 1. The third-order valence-corrected chi connectivity index (χ3v) is 3.57. The van der Waals surface area contributed by atoms with Crippen molar-refractivity contribution in [1.82, 2.24) is 0 Å².